The largest absolute Gasteiger partial charge is 0.397 e. The van der Waals surface area contributed by atoms with Gasteiger partial charge < -0.3 is 10.6 Å². The normalized spacial score (nSPS) is 15.7. The number of hydrogen-bond acceptors (Lipinski definition) is 4. The predicted octanol–water partition coefficient (Wildman–Crippen LogP) is 2.05. The number of piperidine rings is 1. The van der Waals surface area contributed by atoms with Crippen molar-refractivity contribution in [2.75, 3.05) is 23.7 Å². The van der Waals surface area contributed by atoms with E-state index in [1.807, 2.05) is 13.1 Å². The van der Waals surface area contributed by atoms with Crippen molar-refractivity contribution >= 4 is 11.4 Å². The first-order valence-corrected chi connectivity index (χ1v) is 6.74. The highest BCUT2D eigenvalue weighted by Crippen LogP contribution is 2.30. The van der Waals surface area contributed by atoms with E-state index >= 15 is 0 Å². The Bertz CT molecular complexity index is 569. The van der Waals surface area contributed by atoms with Crippen LogP contribution in [0.1, 0.15) is 19.3 Å². The monoisotopic (exact) mass is 257 g/mol. The zero-order chi connectivity index (χ0) is 13.2. The van der Waals surface area contributed by atoms with E-state index in [0.29, 0.717) is 0 Å². The molecule has 1 aromatic heterocycles. The number of nitrogens with two attached hydrogens (primary N) is 1. The topological polar surface area (TPSA) is 60.0 Å². The number of anilines is 2. The van der Waals surface area contributed by atoms with Gasteiger partial charge in [-0.05, 0) is 37.5 Å². The summed E-state index contributed by atoms with van der Waals surface area (Å²) >= 11 is 0. The first-order chi connectivity index (χ1) is 9.25. The standard InChI is InChI=1S/C14H19N5/c1-18-14(16-10-17-18)11-5-6-13(12(15)9-11)19-7-3-2-4-8-19/h5-6,9-10H,2-4,7-8,15H2,1H3. The Morgan fingerprint density at radius 1 is 1.16 bits per heavy atom. The van der Waals surface area contributed by atoms with Crippen molar-refractivity contribution in [1.29, 1.82) is 0 Å². The molecule has 5 nitrogen and oxygen atoms in total. The zero-order valence-corrected chi connectivity index (χ0v) is 11.2. The van der Waals surface area contributed by atoms with Crippen LogP contribution in [-0.2, 0) is 7.05 Å². The van der Waals surface area contributed by atoms with Crippen LogP contribution in [0.3, 0.4) is 0 Å². The van der Waals surface area contributed by atoms with Crippen LogP contribution < -0.4 is 10.6 Å². The van der Waals surface area contributed by atoms with Crippen molar-refractivity contribution < 1.29 is 0 Å². The molecule has 1 aliphatic heterocycles. The maximum Gasteiger partial charge on any atom is 0.157 e. The summed E-state index contributed by atoms with van der Waals surface area (Å²) in [6, 6.07) is 6.17. The number of hydrogen-bond donors (Lipinski definition) is 1. The highest BCUT2D eigenvalue weighted by atomic mass is 15.3. The van der Waals surface area contributed by atoms with Crippen LogP contribution in [0.2, 0.25) is 0 Å². The minimum absolute atomic E-state index is 0.822. The molecular formula is C14H19N5. The molecule has 2 heterocycles. The third-order valence-corrected chi connectivity index (χ3v) is 3.69. The molecule has 2 N–H and O–H groups in total. The lowest BCUT2D eigenvalue weighted by atomic mass is 10.1. The summed E-state index contributed by atoms with van der Waals surface area (Å²) in [5, 5.41) is 4.09. The lowest BCUT2D eigenvalue weighted by Crippen LogP contribution is -2.29. The second-order valence-corrected chi connectivity index (χ2v) is 5.03. The van der Waals surface area contributed by atoms with E-state index in [2.05, 4.69) is 27.1 Å². The van der Waals surface area contributed by atoms with Gasteiger partial charge in [0, 0.05) is 25.7 Å². The second kappa shape index (κ2) is 4.91. The molecule has 100 valence electrons. The molecule has 1 aromatic carbocycles. The molecule has 19 heavy (non-hydrogen) atoms. The summed E-state index contributed by atoms with van der Waals surface area (Å²) in [6.45, 7) is 2.21. The smallest absolute Gasteiger partial charge is 0.157 e. The summed E-state index contributed by atoms with van der Waals surface area (Å²) in [7, 11) is 1.89. The van der Waals surface area contributed by atoms with Gasteiger partial charge in [-0.25, -0.2) is 9.67 Å². The predicted molar refractivity (Wildman–Crippen MR) is 76.9 cm³/mol. The molecule has 3 rings (SSSR count). The maximum atomic E-state index is 6.21. The van der Waals surface area contributed by atoms with Gasteiger partial charge in [-0.15, -0.1) is 0 Å². The Hall–Kier alpha value is -2.04. The summed E-state index contributed by atoms with van der Waals surface area (Å²) < 4.78 is 1.76. The molecule has 1 aliphatic rings. The van der Waals surface area contributed by atoms with E-state index < -0.39 is 0 Å². The van der Waals surface area contributed by atoms with Crippen LogP contribution in [0.25, 0.3) is 11.4 Å². The number of nitrogens with zero attached hydrogens (tertiary/aromatic N) is 4. The van der Waals surface area contributed by atoms with Crippen LogP contribution in [-0.4, -0.2) is 27.9 Å². The number of aromatic nitrogens is 3. The number of nitrogen functional groups attached to an aromatic ring is 1. The molecular weight excluding hydrogens is 238 g/mol. The van der Waals surface area contributed by atoms with Crippen molar-refractivity contribution in [3.63, 3.8) is 0 Å². The SMILES string of the molecule is Cn1ncnc1-c1ccc(N2CCCCC2)c(N)c1. The molecule has 0 amide bonds. The minimum Gasteiger partial charge on any atom is -0.397 e. The van der Waals surface area contributed by atoms with Crippen LogP contribution in [0, 0.1) is 0 Å². The quantitative estimate of drug-likeness (QED) is 0.837. The summed E-state index contributed by atoms with van der Waals surface area (Å²) in [5.74, 6) is 0.844. The average Bonchev–Trinajstić information content (AvgIpc) is 2.86. The van der Waals surface area contributed by atoms with Crippen molar-refractivity contribution in [2.24, 2.45) is 7.05 Å². The maximum absolute atomic E-state index is 6.21. The molecule has 5 heteroatoms. The fourth-order valence-electron chi connectivity index (χ4n) is 2.67. The first kappa shape index (κ1) is 12.0. The van der Waals surface area contributed by atoms with E-state index in [1.54, 1.807) is 11.0 Å². The Balaban J connectivity index is 1.91. The fourth-order valence-corrected chi connectivity index (χ4v) is 2.67. The summed E-state index contributed by atoms with van der Waals surface area (Å²) in [4.78, 5) is 6.63. The van der Waals surface area contributed by atoms with Gasteiger partial charge in [0.15, 0.2) is 5.82 Å². The lowest BCUT2D eigenvalue weighted by molar-refractivity contribution is 0.578. The van der Waals surface area contributed by atoms with Crippen LogP contribution in [0.5, 0.6) is 0 Å². The van der Waals surface area contributed by atoms with Gasteiger partial charge in [0.25, 0.3) is 0 Å². The molecule has 2 aromatic rings. The lowest BCUT2D eigenvalue weighted by Gasteiger charge is -2.30. The Morgan fingerprint density at radius 2 is 1.95 bits per heavy atom. The van der Waals surface area contributed by atoms with Crippen LogP contribution in [0.4, 0.5) is 11.4 Å². The molecule has 0 aliphatic carbocycles. The molecule has 0 atom stereocenters. The van der Waals surface area contributed by atoms with Gasteiger partial charge in [0.1, 0.15) is 6.33 Å². The molecule has 0 spiro atoms. The Labute approximate surface area is 113 Å². The number of rotatable bonds is 2. The van der Waals surface area contributed by atoms with E-state index in [4.69, 9.17) is 5.73 Å². The summed E-state index contributed by atoms with van der Waals surface area (Å²) in [6.07, 6.45) is 5.40. The zero-order valence-electron chi connectivity index (χ0n) is 11.2. The van der Waals surface area contributed by atoms with E-state index in [9.17, 15) is 0 Å². The van der Waals surface area contributed by atoms with Crippen molar-refractivity contribution in [1.82, 2.24) is 14.8 Å². The van der Waals surface area contributed by atoms with E-state index in [1.165, 1.54) is 19.3 Å². The number of benzene rings is 1. The first-order valence-electron chi connectivity index (χ1n) is 6.74. The number of aryl methyl sites for hydroxylation is 1. The van der Waals surface area contributed by atoms with Gasteiger partial charge in [0.2, 0.25) is 0 Å². The molecule has 0 bridgehead atoms. The molecule has 0 saturated carbocycles. The fraction of sp³-hybridized carbons (Fsp3) is 0.429. The van der Waals surface area contributed by atoms with Gasteiger partial charge in [-0.1, -0.05) is 0 Å². The highest BCUT2D eigenvalue weighted by Gasteiger charge is 2.14. The summed E-state index contributed by atoms with van der Waals surface area (Å²) in [5.41, 5.74) is 9.19. The van der Waals surface area contributed by atoms with Gasteiger partial charge >= 0.3 is 0 Å². The van der Waals surface area contributed by atoms with Crippen molar-refractivity contribution in [2.45, 2.75) is 19.3 Å². The molecule has 0 unspecified atom stereocenters. The minimum atomic E-state index is 0.822. The third kappa shape index (κ3) is 2.28. The van der Waals surface area contributed by atoms with E-state index in [0.717, 1.165) is 35.9 Å². The van der Waals surface area contributed by atoms with Gasteiger partial charge in [0.05, 0.1) is 11.4 Å². The van der Waals surface area contributed by atoms with Gasteiger partial charge in [-0.2, -0.15) is 5.10 Å². The molecule has 1 fully saturated rings. The Morgan fingerprint density at radius 3 is 2.58 bits per heavy atom. The van der Waals surface area contributed by atoms with E-state index in [-0.39, 0.29) is 0 Å². The van der Waals surface area contributed by atoms with Crippen molar-refractivity contribution in [3.8, 4) is 11.4 Å². The van der Waals surface area contributed by atoms with Gasteiger partial charge in [-0.3, -0.25) is 0 Å². The third-order valence-electron chi connectivity index (χ3n) is 3.69. The average molecular weight is 257 g/mol. The van der Waals surface area contributed by atoms with Crippen LogP contribution in [0.15, 0.2) is 24.5 Å². The van der Waals surface area contributed by atoms with Crippen molar-refractivity contribution in [3.05, 3.63) is 24.5 Å². The molecule has 1 saturated heterocycles. The Kier molecular flexibility index (Phi) is 3.11. The molecule has 0 radical (unpaired) electrons. The van der Waals surface area contributed by atoms with Crippen LogP contribution >= 0.6 is 0 Å². The highest BCUT2D eigenvalue weighted by molar-refractivity contribution is 5.74. The second-order valence-electron chi connectivity index (χ2n) is 5.03.